The summed E-state index contributed by atoms with van der Waals surface area (Å²) >= 11 is 0. The van der Waals surface area contributed by atoms with Crippen LogP contribution in [0.25, 0.3) is 6.08 Å². The highest BCUT2D eigenvalue weighted by molar-refractivity contribution is 8.15. The third-order valence-corrected chi connectivity index (χ3v) is 7.48. The number of methoxy groups -OCH3 is 1. The SMILES string of the molecule is COc1ccc(C=C2S(=O)(=O)CCCS2(=O)=O)cc1. The van der Waals surface area contributed by atoms with Gasteiger partial charge in [-0.3, -0.25) is 0 Å². The molecule has 0 radical (unpaired) electrons. The molecule has 19 heavy (non-hydrogen) atoms. The van der Waals surface area contributed by atoms with E-state index in [4.69, 9.17) is 4.74 Å². The molecule has 1 heterocycles. The molecule has 0 atom stereocenters. The van der Waals surface area contributed by atoms with E-state index in [0.29, 0.717) is 11.3 Å². The Balaban J connectivity index is 2.49. The van der Waals surface area contributed by atoms with Crippen LogP contribution in [0.3, 0.4) is 0 Å². The summed E-state index contributed by atoms with van der Waals surface area (Å²) in [6.45, 7) is 0. The first-order valence-corrected chi connectivity index (χ1v) is 8.97. The van der Waals surface area contributed by atoms with Gasteiger partial charge in [-0.15, -0.1) is 0 Å². The minimum Gasteiger partial charge on any atom is -0.497 e. The van der Waals surface area contributed by atoms with Crippen molar-refractivity contribution < 1.29 is 21.6 Å². The van der Waals surface area contributed by atoms with Crippen LogP contribution in [0.1, 0.15) is 12.0 Å². The van der Waals surface area contributed by atoms with Crippen LogP contribution in [-0.4, -0.2) is 35.5 Å². The summed E-state index contributed by atoms with van der Waals surface area (Å²) < 4.78 is 51.9. The van der Waals surface area contributed by atoms with E-state index in [1.165, 1.54) is 13.2 Å². The molecule has 5 nitrogen and oxygen atoms in total. The third kappa shape index (κ3) is 2.98. The van der Waals surface area contributed by atoms with E-state index in [0.717, 1.165) is 0 Å². The van der Waals surface area contributed by atoms with Gasteiger partial charge in [-0.05, 0) is 30.2 Å². The molecule has 1 aromatic carbocycles. The Morgan fingerprint density at radius 2 is 1.53 bits per heavy atom. The van der Waals surface area contributed by atoms with Crippen LogP contribution in [0, 0.1) is 0 Å². The molecular formula is C12H14O5S2. The molecule has 0 unspecified atom stereocenters. The standard InChI is InChI=1S/C12H14O5S2/c1-17-11-5-3-10(4-6-11)9-12-18(13,14)7-2-8-19(12,15)16/h3-6,9H,2,7-8H2,1H3. The molecule has 2 rings (SSSR count). The van der Waals surface area contributed by atoms with E-state index in [2.05, 4.69) is 0 Å². The van der Waals surface area contributed by atoms with Crippen molar-refractivity contribution in [3.8, 4) is 5.75 Å². The highest BCUT2D eigenvalue weighted by atomic mass is 32.3. The zero-order chi connectivity index (χ0) is 14.1. The minimum absolute atomic E-state index is 0.117. The molecule has 0 bridgehead atoms. The number of sulfone groups is 2. The second kappa shape index (κ2) is 4.97. The molecule has 0 aliphatic carbocycles. The smallest absolute Gasteiger partial charge is 0.189 e. The predicted molar refractivity (Wildman–Crippen MR) is 73.2 cm³/mol. The monoisotopic (exact) mass is 302 g/mol. The van der Waals surface area contributed by atoms with Crippen LogP contribution in [0.5, 0.6) is 5.75 Å². The lowest BCUT2D eigenvalue weighted by atomic mass is 10.2. The fraction of sp³-hybridized carbons (Fsp3) is 0.333. The molecule has 0 amide bonds. The van der Waals surface area contributed by atoms with Crippen molar-refractivity contribution in [2.45, 2.75) is 6.42 Å². The average Bonchev–Trinajstić information content (AvgIpc) is 2.34. The lowest BCUT2D eigenvalue weighted by molar-refractivity contribution is 0.415. The number of benzene rings is 1. The molecule has 1 aliphatic rings. The molecule has 1 saturated heterocycles. The van der Waals surface area contributed by atoms with Crippen LogP contribution in [-0.2, 0) is 19.7 Å². The van der Waals surface area contributed by atoms with E-state index in [1.807, 2.05) is 0 Å². The van der Waals surface area contributed by atoms with Gasteiger partial charge in [-0.25, -0.2) is 16.8 Å². The summed E-state index contributed by atoms with van der Waals surface area (Å²) in [5, 5.41) is 0. The summed E-state index contributed by atoms with van der Waals surface area (Å²) in [4.78, 5) is 0. The number of hydrogen-bond acceptors (Lipinski definition) is 5. The van der Waals surface area contributed by atoms with Gasteiger partial charge in [0.05, 0.1) is 18.6 Å². The van der Waals surface area contributed by atoms with E-state index < -0.39 is 23.9 Å². The first-order valence-electron chi connectivity index (χ1n) is 5.66. The molecule has 7 heteroatoms. The quantitative estimate of drug-likeness (QED) is 0.821. The molecule has 0 saturated carbocycles. The fourth-order valence-electron chi connectivity index (χ4n) is 1.85. The molecule has 104 valence electrons. The van der Waals surface area contributed by atoms with Gasteiger partial charge in [0.25, 0.3) is 0 Å². The Morgan fingerprint density at radius 1 is 1.00 bits per heavy atom. The zero-order valence-electron chi connectivity index (χ0n) is 10.4. The van der Waals surface area contributed by atoms with E-state index >= 15 is 0 Å². The lowest BCUT2D eigenvalue weighted by Crippen LogP contribution is -2.26. The highest BCUT2D eigenvalue weighted by Crippen LogP contribution is 2.26. The van der Waals surface area contributed by atoms with Gasteiger partial charge >= 0.3 is 0 Å². The minimum atomic E-state index is -3.70. The number of ether oxygens (including phenoxy) is 1. The Hall–Kier alpha value is -1.34. The second-order valence-corrected chi connectivity index (χ2v) is 8.64. The maximum Gasteiger partial charge on any atom is 0.189 e. The van der Waals surface area contributed by atoms with E-state index in [-0.39, 0.29) is 17.9 Å². The van der Waals surface area contributed by atoms with Crippen LogP contribution < -0.4 is 4.74 Å². The van der Waals surface area contributed by atoms with E-state index in [1.54, 1.807) is 24.3 Å². The van der Waals surface area contributed by atoms with Crippen LogP contribution in [0.2, 0.25) is 0 Å². The lowest BCUT2D eigenvalue weighted by Gasteiger charge is -2.15. The highest BCUT2D eigenvalue weighted by Gasteiger charge is 2.34. The number of hydrogen-bond donors (Lipinski definition) is 0. The second-order valence-electron chi connectivity index (χ2n) is 4.23. The third-order valence-electron chi connectivity index (χ3n) is 2.84. The van der Waals surface area contributed by atoms with Crippen molar-refractivity contribution in [3.05, 3.63) is 34.1 Å². The summed E-state index contributed by atoms with van der Waals surface area (Å²) in [6, 6.07) is 6.53. The van der Waals surface area contributed by atoms with Crippen molar-refractivity contribution >= 4 is 25.8 Å². The first-order chi connectivity index (χ1) is 8.85. The maximum absolute atomic E-state index is 11.9. The van der Waals surface area contributed by atoms with E-state index in [9.17, 15) is 16.8 Å². The Labute approximate surface area is 112 Å². The molecule has 1 aromatic rings. The van der Waals surface area contributed by atoms with Gasteiger partial charge in [-0.1, -0.05) is 12.1 Å². The molecular weight excluding hydrogens is 288 g/mol. The maximum atomic E-state index is 11.9. The van der Waals surface area contributed by atoms with Gasteiger partial charge in [0.15, 0.2) is 23.9 Å². The topological polar surface area (TPSA) is 77.5 Å². The van der Waals surface area contributed by atoms with Gasteiger partial charge in [-0.2, -0.15) is 0 Å². The summed E-state index contributed by atoms with van der Waals surface area (Å²) in [5.74, 6) is 0.388. The molecule has 1 aliphatic heterocycles. The first kappa shape index (κ1) is 14.1. The largest absolute Gasteiger partial charge is 0.497 e. The van der Waals surface area contributed by atoms with Crippen LogP contribution >= 0.6 is 0 Å². The molecule has 1 fully saturated rings. The van der Waals surface area contributed by atoms with Crippen molar-refractivity contribution in [2.75, 3.05) is 18.6 Å². The van der Waals surface area contributed by atoms with Gasteiger partial charge in [0.1, 0.15) is 5.75 Å². The predicted octanol–water partition coefficient (Wildman–Crippen LogP) is 1.23. The number of rotatable bonds is 2. The van der Waals surface area contributed by atoms with Crippen LogP contribution in [0.4, 0.5) is 0 Å². The Kier molecular flexibility index (Phi) is 3.69. The molecule has 0 aromatic heterocycles. The van der Waals surface area contributed by atoms with Gasteiger partial charge in [0.2, 0.25) is 0 Å². The fourth-order valence-corrected chi connectivity index (χ4v) is 6.16. The summed E-state index contributed by atoms with van der Waals surface area (Å²) in [6.07, 6.45) is 1.37. The molecule has 0 spiro atoms. The zero-order valence-corrected chi connectivity index (χ0v) is 12.0. The van der Waals surface area contributed by atoms with Gasteiger partial charge < -0.3 is 4.74 Å². The van der Waals surface area contributed by atoms with Gasteiger partial charge in [0, 0.05) is 0 Å². The molecule has 0 N–H and O–H groups in total. The Morgan fingerprint density at radius 3 is 2.00 bits per heavy atom. The summed E-state index contributed by atoms with van der Waals surface area (Å²) in [7, 11) is -5.89. The van der Waals surface area contributed by atoms with Crippen molar-refractivity contribution in [3.63, 3.8) is 0 Å². The van der Waals surface area contributed by atoms with Crippen molar-refractivity contribution in [2.24, 2.45) is 0 Å². The van der Waals surface area contributed by atoms with Crippen molar-refractivity contribution in [1.29, 1.82) is 0 Å². The van der Waals surface area contributed by atoms with Crippen LogP contribution in [0.15, 0.2) is 28.5 Å². The normalized spacial score (nSPS) is 20.8. The average molecular weight is 302 g/mol. The Bertz CT molecular complexity index is 661. The summed E-state index contributed by atoms with van der Waals surface area (Å²) in [5.41, 5.74) is 0.518. The van der Waals surface area contributed by atoms with Crippen molar-refractivity contribution in [1.82, 2.24) is 0 Å².